The van der Waals surface area contributed by atoms with Crippen LogP contribution in [0.2, 0.25) is 0 Å². The Morgan fingerprint density at radius 1 is 1.42 bits per heavy atom. The van der Waals surface area contributed by atoms with E-state index in [0.717, 1.165) is 39.6 Å². The molecule has 98 valence electrons. The molecular weight excluding hydrogens is 276 g/mol. The number of H-pyrrole nitrogens is 1. The van der Waals surface area contributed by atoms with Crippen molar-refractivity contribution in [3.8, 4) is 0 Å². The number of aromatic amines is 1. The van der Waals surface area contributed by atoms with Gasteiger partial charge in [0, 0.05) is 24.5 Å². The molecule has 0 fully saturated rings. The van der Waals surface area contributed by atoms with E-state index in [1.165, 1.54) is 5.56 Å². The molecule has 3 heterocycles. The van der Waals surface area contributed by atoms with Gasteiger partial charge in [-0.3, -0.25) is 0 Å². The lowest BCUT2D eigenvalue weighted by Gasteiger charge is -2.02. The molecule has 0 aliphatic heterocycles. The van der Waals surface area contributed by atoms with Crippen LogP contribution >= 0.6 is 23.6 Å². The quantitative estimate of drug-likeness (QED) is 0.752. The Morgan fingerprint density at radius 2 is 2.26 bits per heavy atom. The lowest BCUT2D eigenvalue weighted by Crippen LogP contribution is -2.02. The van der Waals surface area contributed by atoms with E-state index in [-0.39, 0.29) is 0 Å². The molecule has 0 aliphatic rings. The normalized spacial score (nSPS) is 11.3. The zero-order valence-electron chi connectivity index (χ0n) is 10.8. The van der Waals surface area contributed by atoms with E-state index < -0.39 is 0 Å². The molecule has 0 aliphatic carbocycles. The van der Waals surface area contributed by atoms with Crippen LogP contribution in [-0.4, -0.2) is 19.5 Å². The highest BCUT2D eigenvalue weighted by molar-refractivity contribution is 7.71. The highest BCUT2D eigenvalue weighted by Crippen LogP contribution is 2.16. The Bertz CT molecular complexity index is 781. The summed E-state index contributed by atoms with van der Waals surface area (Å²) >= 11 is 7.06. The topological polar surface area (TPSA) is 46.5 Å². The third-order valence-electron chi connectivity index (χ3n) is 3.13. The van der Waals surface area contributed by atoms with E-state index in [1.807, 2.05) is 23.8 Å². The van der Waals surface area contributed by atoms with Gasteiger partial charge in [-0.2, -0.15) is 0 Å². The summed E-state index contributed by atoms with van der Waals surface area (Å²) in [7, 11) is 0. The summed E-state index contributed by atoms with van der Waals surface area (Å²) in [5, 5.41) is 3.21. The number of nitrogens with zero attached hydrogens (tertiary/aromatic N) is 3. The average Bonchev–Trinajstić information content (AvgIpc) is 2.92. The number of pyridine rings is 1. The molecule has 0 bridgehead atoms. The highest BCUT2D eigenvalue weighted by Gasteiger charge is 2.08. The number of thiazole rings is 1. The van der Waals surface area contributed by atoms with Crippen molar-refractivity contribution in [1.82, 2.24) is 19.5 Å². The average molecular weight is 290 g/mol. The third-order valence-corrected chi connectivity index (χ3v) is 4.27. The molecule has 1 N–H and O–H groups in total. The fourth-order valence-corrected chi connectivity index (χ4v) is 3.06. The summed E-state index contributed by atoms with van der Waals surface area (Å²) in [5.41, 5.74) is 4.24. The first-order valence-electron chi connectivity index (χ1n) is 6.10. The highest BCUT2D eigenvalue weighted by atomic mass is 32.1. The van der Waals surface area contributed by atoms with Gasteiger partial charge >= 0.3 is 0 Å². The molecule has 4 nitrogen and oxygen atoms in total. The van der Waals surface area contributed by atoms with E-state index in [2.05, 4.69) is 27.3 Å². The molecule has 0 radical (unpaired) electrons. The van der Waals surface area contributed by atoms with E-state index in [0.29, 0.717) is 0 Å². The number of imidazole rings is 1. The van der Waals surface area contributed by atoms with Gasteiger partial charge in [0.2, 0.25) is 0 Å². The molecule has 0 amide bonds. The molecule has 0 unspecified atom stereocenters. The maximum absolute atomic E-state index is 5.38. The van der Waals surface area contributed by atoms with Crippen molar-refractivity contribution in [3.63, 3.8) is 0 Å². The Balaban J connectivity index is 1.95. The second kappa shape index (κ2) is 4.86. The molecule has 0 saturated carbocycles. The largest absolute Gasteiger partial charge is 0.329 e. The summed E-state index contributed by atoms with van der Waals surface area (Å²) in [6, 6.07) is 1.99. The molecule has 0 aromatic carbocycles. The van der Waals surface area contributed by atoms with Gasteiger partial charge < -0.3 is 9.55 Å². The standard InChI is InChI=1S/C13H14N4S2/c1-8-3-5-14-12-11(8)16-13(18)17(12)6-4-10-7-19-9(2)15-10/h3,5,7H,4,6H2,1-2H3,(H,16,18). The first kappa shape index (κ1) is 12.5. The first-order chi connectivity index (χ1) is 9.15. The molecule has 3 aromatic heterocycles. The molecule has 0 atom stereocenters. The fraction of sp³-hybridized carbons (Fsp3) is 0.308. The van der Waals surface area contributed by atoms with Crippen molar-refractivity contribution in [2.45, 2.75) is 26.8 Å². The Kier molecular flexibility index (Phi) is 3.20. The van der Waals surface area contributed by atoms with Gasteiger partial charge in [0.15, 0.2) is 10.4 Å². The summed E-state index contributed by atoms with van der Waals surface area (Å²) < 4.78 is 2.77. The van der Waals surface area contributed by atoms with Crippen molar-refractivity contribution < 1.29 is 0 Å². The summed E-state index contributed by atoms with van der Waals surface area (Å²) in [5.74, 6) is 0. The number of hydrogen-bond donors (Lipinski definition) is 1. The van der Waals surface area contributed by atoms with Crippen molar-refractivity contribution in [2.75, 3.05) is 0 Å². The molecule has 19 heavy (non-hydrogen) atoms. The summed E-state index contributed by atoms with van der Waals surface area (Å²) in [6.07, 6.45) is 2.70. The summed E-state index contributed by atoms with van der Waals surface area (Å²) in [4.78, 5) is 12.1. The lowest BCUT2D eigenvalue weighted by molar-refractivity contribution is 0.691. The third kappa shape index (κ3) is 2.33. The van der Waals surface area contributed by atoms with E-state index in [9.17, 15) is 0 Å². The number of nitrogens with one attached hydrogen (secondary N) is 1. The Hall–Kier alpha value is -1.53. The molecule has 6 heteroatoms. The first-order valence-corrected chi connectivity index (χ1v) is 7.39. The minimum Gasteiger partial charge on any atom is -0.329 e. The van der Waals surface area contributed by atoms with Gasteiger partial charge in [-0.05, 0) is 37.7 Å². The van der Waals surface area contributed by atoms with E-state index in [1.54, 1.807) is 11.3 Å². The van der Waals surface area contributed by atoms with Crippen molar-refractivity contribution in [3.05, 3.63) is 38.7 Å². The molecule has 3 aromatic rings. The minimum absolute atomic E-state index is 0.726. The lowest BCUT2D eigenvalue weighted by atomic mass is 10.3. The van der Waals surface area contributed by atoms with Crippen LogP contribution in [-0.2, 0) is 13.0 Å². The van der Waals surface area contributed by atoms with Crippen molar-refractivity contribution in [2.24, 2.45) is 0 Å². The van der Waals surface area contributed by atoms with Gasteiger partial charge in [-0.15, -0.1) is 11.3 Å². The molecule has 0 spiro atoms. The van der Waals surface area contributed by atoms with Gasteiger partial charge in [-0.1, -0.05) is 0 Å². The van der Waals surface area contributed by atoms with Gasteiger partial charge in [-0.25, -0.2) is 9.97 Å². The van der Waals surface area contributed by atoms with Crippen molar-refractivity contribution in [1.29, 1.82) is 0 Å². The van der Waals surface area contributed by atoms with Crippen LogP contribution in [0.15, 0.2) is 17.6 Å². The fourth-order valence-electron chi connectivity index (χ4n) is 2.13. The van der Waals surface area contributed by atoms with E-state index >= 15 is 0 Å². The number of hydrogen-bond acceptors (Lipinski definition) is 4. The smallest absolute Gasteiger partial charge is 0.179 e. The number of aromatic nitrogens is 4. The van der Waals surface area contributed by atoms with Crippen LogP contribution in [0.4, 0.5) is 0 Å². The maximum atomic E-state index is 5.38. The Morgan fingerprint density at radius 3 is 3.00 bits per heavy atom. The van der Waals surface area contributed by atoms with Crippen LogP contribution < -0.4 is 0 Å². The van der Waals surface area contributed by atoms with Crippen LogP contribution in [0.3, 0.4) is 0 Å². The SMILES string of the molecule is Cc1nc(CCn2c(=S)[nH]c3c(C)ccnc32)cs1. The van der Waals surface area contributed by atoms with Crippen LogP contribution in [0, 0.1) is 18.6 Å². The van der Waals surface area contributed by atoms with E-state index in [4.69, 9.17) is 12.2 Å². The zero-order valence-corrected chi connectivity index (χ0v) is 12.4. The van der Waals surface area contributed by atoms with Crippen molar-refractivity contribution >= 4 is 34.7 Å². The second-order valence-electron chi connectivity index (χ2n) is 4.52. The molecule has 0 saturated heterocycles. The zero-order chi connectivity index (χ0) is 13.4. The molecular formula is C13H14N4S2. The van der Waals surface area contributed by atoms with Crippen LogP contribution in [0.5, 0.6) is 0 Å². The second-order valence-corrected chi connectivity index (χ2v) is 5.97. The minimum atomic E-state index is 0.726. The van der Waals surface area contributed by atoms with Crippen LogP contribution in [0.25, 0.3) is 11.2 Å². The van der Waals surface area contributed by atoms with Gasteiger partial charge in [0.05, 0.1) is 16.2 Å². The number of rotatable bonds is 3. The maximum Gasteiger partial charge on any atom is 0.179 e. The van der Waals surface area contributed by atoms with Gasteiger partial charge in [0.25, 0.3) is 0 Å². The summed E-state index contributed by atoms with van der Waals surface area (Å²) in [6.45, 7) is 4.89. The Labute approximate surface area is 120 Å². The number of aryl methyl sites for hydroxylation is 4. The predicted molar refractivity (Wildman–Crippen MR) is 80.2 cm³/mol. The van der Waals surface area contributed by atoms with Crippen LogP contribution in [0.1, 0.15) is 16.3 Å². The van der Waals surface area contributed by atoms with Gasteiger partial charge in [0.1, 0.15) is 0 Å². The molecule has 3 rings (SSSR count). The monoisotopic (exact) mass is 290 g/mol. The number of fused-ring (bicyclic) bond motifs is 1. The predicted octanol–water partition coefficient (Wildman–Crippen LogP) is 3.41.